The minimum Gasteiger partial charge on any atom is -0.280 e. The highest BCUT2D eigenvalue weighted by Gasteiger charge is 2.34. The topological polar surface area (TPSA) is 30.0 Å². The van der Waals surface area contributed by atoms with E-state index in [4.69, 9.17) is 11.6 Å². The molecule has 0 saturated carbocycles. The van der Waals surface area contributed by atoms with E-state index in [-0.39, 0.29) is 10.7 Å². The molecule has 1 aromatic heterocycles. The van der Waals surface area contributed by atoms with Crippen molar-refractivity contribution in [3.05, 3.63) is 65.5 Å². The van der Waals surface area contributed by atoms with Crippen molar-refractivity contribution in [1.29, 1.82) is 0 Å². The summed E-state index contributed by atoms with van der Waals surface area (Å²) in [6.45, 7) is 8.41. The Balaban J connectivity index is 2.37. The van der Waals surface area contributed by atoms with Gasteiger partial charge in [-0.3, -0.25) is 9.78 Å². The van der Waals surface area contributed by atoms with Gasteiger partial charge in [0, 0.05) is 12.4 Å². The number of carbonyl (C=O) groups is 1. The summed E-state index contributed by atoms with van der Waals surface area (Å²) in [5.74, 6) is 0. The van der Waals surface area contributed by atoms with Crippen LogP contribution in [0.25, 0.3) is 0 Å². The first-order valence-corrected chi connectivity index (χ1v) is 7.81. The lowest BCUT2D eigenvalue weighted by Crippen LogP contribution is -2.32. The van der Waals surface area contributed by atoms with Gasteiger partial charge < -0.3 is 0 Å². The number of aromatic nitrogens is 1. The first-order chi connectivity index (χ1) is 10.2. The van der Waals surface area contributed by atoms with Crippen molar-refractivity contribution < 1.29 is 4.79 Å². The van der Waals surface area contributed by atoms with E-state index >= 15 is 0 Å². The third kappa shape index (κ3) is 3.56. The summed E-state index contributed by atoms with van der Waals surface area (Å²) in [6.07, 6.45) is 4.03. The highest BCUT2D eigenvalue weighted by molar-refractivity contribution is 6.65. The van der Waals surface area contributed by atoms with Gasteiger partial charge in [0.25, 0.3) is 0 Å². The van der Waals surface area contributed by atoms with E-state index in [1.807, 2.05) is 31.2 Å². The van der Waals surface area contributed by atoms with E-state index in [0.717, 1.165) is 11.1 Å². The number of carbonyl (C=O) groups excluding carboxylic acids is 1. The van der Waals surface area contributed by atoms with Crippen LogP contribution in [-0.2, 0) is 22.0 Å². The van der Waals surface area contributed by atoms with Crippen LogP contribution in [0.5, 0.6) is 0 Å². The summed E-state index contributed by atoms with van der Waals surface area (Å²) in [5.41, 5.74) is 2.58. The molecule has 2 aromatic rings. The van der Waals surface area contributed by atoms with Crippen LogP contribution in [0.4, 0.5) is 0 Å². The Kier molecular flexibility index (Phi) is 4.72. The lowest BCUT2D eigenvalue weighted by molar-refractivity contribution is -0.116. The largest absolute Gasteiger partial charge is 0.280 e. The van der Waals surface area contributed by atoms with Crippen molar-refractivity contribution in [1.82, 2.24) is 4.98 Å². The molecule has 0 saturated heterocycles. The summed E-state index contributed by atoms with van der Waals surface area (Å²) >= 11 is 5.94. The van der Waals surface area contributed by atoms with E-state index in [9.17, 15) is 4.79 Å². The van der Waals surface area contributed by atoms with E-state index in [2.05, 4.69) is 37.9 Å². The molecule has 0 fully saturated rings. The number of nitrogens with zero attached hydrogens (tertiary/aromatic N) is 1. The molecule has 2 nitrogen and oxygen atoms in total. The van der Waals surface area contributed by atoms with Gasteiger partial charge in [-0.2, -0.15) is 0 Å². The van der Waals surface area contributed by atoms with Crippen LogP contribution in [0.2, 0.25) is 0 Å². The molecule has 0 radical (unpaired) electrons. The molecule has 22 heavy (non-hydrogen) atoms. The zero-order chi connectivity index (χ0) is 16.4. The average Bonchev–Trinajstić information content (AvgIpc) is 2.47. The average molecular weight is 316 g/mol. The minimum atomic E-state index is -0.737. The monoisotopic (exact) mass is 315 g/mol. The number of halogens is 1. The lowest BCUT2D eigenvalue weighted by Gasteiger charge is -2.27. The van der Waals surface area contributed by atoms with E-state index in [1.54, 1.807) is 12.4 Å². The van der Waals surface area contributed by atoms with Crippen molar-refractivity contribution in [3.8, 4) is 0 Å². The fourth-order valence-corrected chi connectivity index (χ4v) is 2.71. The maximum absolute atomic E-state index is 12.1. The zero-order valence-corrected chi connectivity index (χ0v) is 14.3. The summed E-state index contributed by atoms with van der Waals surface area (Å²) in [7, 11) is 0. The molecule has 0 aliphatic heterocycles. The Bertz CT molecular complexity index is 643. The molecule has 0 N–H and O–H groups in total. The van der Waals surface area contributed by atoms with Crippen LogP contribution in [0.15, 0.2) is 48.8 Å². The summed E-state index contributed by atoms with van der Waals surface area (Å²) in [4.78, 5) is 16.1. The molecule has 1 heterocycles. The summed E-state index contributed by atoms with van der Waals surface area (Å²) in [6, 6.07) is 12.0. The quantitative estimate of drug-likeness (QED) is 0.769. The van der Waals surface area contributed by atoms with Crippen LogP contribution >= 0.6 is 11.6 Å². The van der Waals surface area contributed by atoms with Gasteiger partial charge in [-0.15, -0.1) is 0 Å². The molecular formula is C19H22ClNO. The minimum absolute atomic E-state index is 0.0883. The first-order valence-electron chi connectivity index (χ1n) is 7.43. The van der Waals surface area contributed by atoms with Crippen LogP contribution in [0, 0.1) is 0 Å². The van der Waals surface area contributed by atoms with E-state index in [0.29, 0.717) is 6.42 Å². The Morgan fingerprint density at radius 2 is 1.45 bits per heavy atom. The molecule has 0 aliphatic carbocycles. The Labute approximate surface area is 137 Å². The maximum Gasteiger partial charge on any atom is 0.232 e. The summed E-state index contributed by atoms with van der Waals surface area (Å²) in [5, 5.41) is -0.340. The first kappa shape index (κ1) is 16.7. The van der Waals surface area contributed by atoms with Crippen LogP contribution < -0.4 is 0 Å². The molecule has 1 aromatic carbocycles. The number of pyridine rings is 1. The highest BCUT2D eigenvalue weighted by atomic mass is 35.5. The third-order valence-electron chi connectivity index (χ3n) is 4.13. The smallest absolute Gasteiger partial charge is 0.232 e. The predicted molar refractivity (Wildman–Crippen MR) is 91.3 cm³/mol. The zero-order valence-electron chi connectivity index (χ0n) is 13.6. The molecule has 2 rings (SSSR count). The lowest BCUT2D eigenvalue weighted by atomic mass is 9.77. The summed E-state index contributed by atoms with van der Waals surface area (Å²) < 4.78 is 0. The molecule has 0 bridgehead atoms. The van der Waals surface area contributed by atoms with Crippen molar-refractivity contribution >= 4 is 16.8 Å². The Morgan fingerprint density at radius 1 is 0.955 bits per heavy atom. The maximum atomic E-state index is 12.1. The van der Waals surface area contributed by atoms with E-state index in [1.165, 1.54) is 5.56 Å². The fourth-order valence-electron chi connectivity index (χ4n) is 2.53. The normalized spacial score (nSPS) is 14.4. The van der Waals surface area contributed by atoms with Gasteiger partial charge in [-0.1, -0.05) is 45.0 Å². The van der Waals surface area contributed by atoms with Gasteiger partial charge in [-0.25, -0.2) is 0 Å². The number of benzene rings is 1. The Hall–Kier alpha value is -1.67. The van der Waals surface area contributed by atoms with E-state index < -0.39 is 5.41 Å². The second-order valence-electron chi connectivity index (χ2n) is 6.97. The van der Waals surface area contributed by atoms with Crippen molar-refractivity contribution in [2.24, 2.45) is 0 Å². The van der Waals surface area contributed by atoms with Crippen LogP contribution in [0.1, 0.15) is 44.4 Å². The number of hydrogen-bond donors (Lipinski definition) is 0. The van der Waals surface area contributed by atoms with Crippen molar-refractivity contribution in [3.63, 3.8) is 0 Å². The molecule has 116 valence electrons. The van der Waals surface area contributed by atoms with Crippen molar-refractivity contribution in [2.75, 3.05) is 0 Å². The third-order valence-corrected chi connectivity index (χ3v) is 4.55. The second-order valence-corrected chi connectivity index (χ2v) is 7.31. The van der Waals surface area contributed by atoms with Gasteiger partial charge in [0.1, 0.15) is 0 Å². The molecule has 0 amide bonds. The molecule has 0 spiro atoms. The molecular weight excluding hydrogens is 294 g/mol. The fraction of sp³-hybridized carbons (Fsp3) is 0.368. The molecule has 3 heteroatoms. The standard InChI is InChI=1S/C19H22ClNO/c1-18(2,3)15-5-7-16(8-6-15)19(4,17(20)22)13-14-9-11-21-12-10-14/h5-12H,13H2,1-4H3. The molecule has 1 atom stereocenters. The predicted octanol–water partition coefficient (Wildman–Crippen LogP) is 4.64. The molecule has 0 aliphatic rings. The van der Waals surface area contributed by atoms with Crippen molar-refractivity contribution in [2.45, 2.75) is 44.9 Å². The molecule has 1 unspecified atom stereocenters. The SMILES string of the molecule is CC(C)(C)c1ccc(C(C)(Cc2ccncc2)C(=O)Cl)cc1. The van der Waals surface area contributed by atoms with Gasteiger partial charge in [0.2, 0.25) is 5.24 Å². The van der Waals surface area contributed by atoms with Gasteiger partial charge >= 0.3 is 0 Å². The Morgan fingerprint density at radius 3 is 1.91 bits per heavy atom. The second kappa shape index (κ2) is 6.21. The number of hydrogen-bond acceptors (Lipinski definition) is 2. The van der Waals surface area contributed by atoms with Gasteiger partial charge in [0.05, 0.1) is 5.41 Å². The van der Waals surface area contributed by atoms with Crippen LogP contribution in [-0.4, -0.2) is 10.2 Å². The van der Waals surface area contributed by atoms with Gasteiger partial charge in [0.15, 0.2) is 0 Å². The van der Waals surface area contributed by atoms with Crippen LogP contribution in [0.3, 0.4) is 0 Å². The highest BCUT2D eigenvalue weighted by Crippen LogP contribution is 2.32. The van der Waals surface area contributed by atoms with Gasteiger partial charge in [-0.05, 0) is 59.2 Å². The number of rotatable bonds is 4.